The predicted molar refractivity (Wildman–Crippen MR) is 163 cm³/mol. The lowest BCUT2D eigenvalue weighted by molar-refractivity contribution is -0.121. The Balaban J connectivity index is 1.74. The summed E-state index contributed by atoms with van der Waals surface area (Å²) in [5.74, 6) is 1.68. The first-order valence-electron chi connectivity index (χ1n) is 14.6. The molecule has 0 fully saturated rings. The molecular weight excluding hydrogens is 516 g/mol. The van der Waals surface area contributed by atoms with Gasteiger partial charge < -0.3 is 20.1 Å². The van der Waals surface area contributed by atoms with Crippen LogP contribution in [0.2, 0.25) is 0 Å². The van der Waals surface area contributed by atoms with Crippen molar-refractivity contribution in [3.05, 3.63) is 65.9 Å². The van der Waals surface area contributed by atoms with Crippen molar-refractivity contribution in [2.24, 2.45) is 11.8 Å². The van der Waals surface area contributed by atoms with Gasteiger partial charge in [-0.05, 0) is 61.3 Å². The number of methoxy groups -OCH3 is 2. The quantitative estimate of drug-likeness (QED) is 0.212. The van der Waals surface area contributed by atoms with Crippen LogP contribution < -0.4 is 20.1 Å². The van der Waals surface area contributed by atoms with Crippen LogP contribution in [-0.2, 0) is 17.8 Å². The molecule has 0 bridgehead atoms. The van der Waals surface area contributed by atoms with E-state index >= 15 is 0 Å². The van der Waals surface area contributed by atoms with E-state index in [1.807, 2.05) is 41.1 Å². The molecule has 0 unspecified atom stereocenters. The molecule has 2 N–H and O–H groups in total. The van der Waals surface area contributed by atoms with E-state index in [0.29, 0.717) is 48.5 Å². The van der Waals surface area contributed by atoms with Crippen molar-refractivity contribution >= 4 is 11.8 Å². The Bertz CT molecular complexity index is 1230. The summed E-state index contributed by atoms with van der Waals surface area (Å²) in [5, 5.41) is 10.8. The first-order chi connectivity index (χ1) is 19.7. The fraction of sp³-hybridized carbons (Fsp3) is 0.485. The number of benzene rings is 2. The predicted octanol–water partition coefficient (Wildman–Crippen LogP) is 5.90. The second-order valence-corrected chi connectivity index (χ2v) is 11.3. The maximum Gasteiger partial charge on any atom is 0.272 e. The number of nitrogens with one attached hydrogen (secondary N) is 2. The molecule has 1 atom stereocenters. The minimum absolute atomic E-state index is 0.0584. The van der Waals surface area contributed by atoms with Gasteiger partial charge in [0.15, 0.2) is 5.69 Å². The third kappa shape index (κ3) is 9.66. The van der Waals surface area contributed by atoms with Gasteiger partial charge in [0, 0.05) is 25.6 Å². The van der Waals surface area contributed by atoms with Gasteiger partial charge in [0.05, 0.1) is 25.5 Å². The van der Waals surface area contributed by atoms with Crippen molar-refractivity contribution in [1.82, 2.24) is 20.4 Å². The highest BCUT2D eigenvalue weighted by Crippen LogP contribution is 2.38. The summed E-state index contributed by atoms with van der Waals surface area (Å²) in [4.78, 5) is 26.3. The van der Waals surface area contributed by atoms with Gasteiger partial charge in [0.2, 0.25) is 5.91 Å². The van der Waals surface area contributed by atoms with Crippen LogP contribution in [0.1, 0.15) is 69.4 Å². The Kier molecular flexibility index (Phi) is 12.3. The molecular formula is C33H46N4O4. The van der Waals surface area contributed by atoms with Gasteiger partial charge in [-0.2, -0.15) is 5.10 Å². The standard InChI is InChI=1S/C33H46N4O4/c1-23(2)17-18-26(20-31(38)34-19-11-14-25-12-8-7-9-13-25)35-33(39)27-21-28(37(36-27)22-24(3)4)32-29(40-5)15-10-16-30(32)41-6/h7-10,12-13,15-16,21,23-24,26H,11,14,17-20,22H2,1-6H3,(H,34,38)(H,35,39)/t26-/m0/s1. The zero-order valence-corrected chi connectivity index (χ0v) is 25.4. The SMILES string of the molecule is COc1cccc(OC)c1-c1cc(C(=O)N[C@@H](CCC(C)C)CC(=O)NCCCc2ccccc2)nn1CC(C)C. The van der Waals surface area contributed by atoms with E-state index in [2.05, 4.69) is 55.6 Å². The second kappa shape index (κ2) is 15.8. The van der Waals surface area contributed by atoms with E-state index in [1.54, 1.807) is 20.3 Å². The minimum atomic E-state index is -0.298. The molecule has 0 saturated heterocycles. The lowest BCUT2D eigenvalue weighted by Gasteiger charge is -2.19. The molecule has 8 heteroatoms. The number of hydrogen-bond donors (Lipinski definition) is 2. The Morgan fingerprint density at radius 2 is 1.59 bits per heavy atom. The first-order valence-corrected chi connectivity index (χ1v) is 14.6. The normalized spacial score (nSPS) is 11.9. The highest BCUT2D eigenvalue weighted by Gasteiger charge is 2.24. The van der Waals surface area contributed by atoms with Crippen LogP contribution in [-0.4, -0.2) is 48.4 Å². The smallest absolute Gasteiger partial charge is 0.272 e. The zero-order valence-electron chi connectivity index (χ0n) is 25.4. The average Bonchev–Trinajstić information content (AvgIpc) is 3.36. The number of carbonyl (C=O) groups is 2. The summed E-state index contributed by atoms with van der Waals surface area (Å²) in [6.07, 6.45) is 3.61. The highest BCUT2D eigenvalue weighted by atomic mass is 16.5. The second-order valence-electron chi connectivity index (χ2n) is 11.3. The molecule has 1 heterocycles. The van der Waals surface area contributed by atoms with Crippen LogP contribution in [0.15, 0.2) is 54.6 Å². The maximum atomic E-state index is 13.5. The summed E-state index contributed by atoms with van der Waals surface area (Å²) in [6.45, 7) is 9.70. The van der Waals surface area contributed by atoms with Crippen molar-refractivity contribution < 1.29 is 19.1 Å². The van der Waals surface area contributed by atoms with Gasteiger partial charge in [-0.1, -0.05) is 64.1 Å². The average molecular weight is 563 g/mol. The number of ether oxygens (including phenoxy) is 2. The van der Waals surface area contributed by atoms with Crippen LogP contribution in [0.25, 0.3) is 11.3 Å². The lowest BCUT2D eigenvalue weighted by Crippen LogP contribution is -2.40. The molecule has 3 rings (SSSR count). The van der Waals surface area contributed by atoms with Gasteiger partial charge in [-0.3, -0.25) is 14.3 Å². The van der Waals surface area contributed by atoms with E-state index in [0.717, 1.165) is 30.5 Å². The van der Waals surface area contributed by atoms with Gasteiger partial charge >= 0.3 is 0 Å². The molecule has 41 heavy (non-hydrogen) atoms. The molecule has 0 aliphatic heterocycles. The summed E-state index contributed by atoms with van der Waals surface area (Å²) < 4.78 is 13.1. The van der Waals surface area contributed by atoms with Crippen molar-refractivity contribution in [3.8, 4) is 22.8 Å². The Morgan fingerprint density at radius 1 is 0.902 bits per heavy atom. The molecule has 0 aliphatic carbocycles. The molecule has 0 saturated carbocycles. The van der Waals surface area contributed by atoms with Crippen molar-refractivity contribution in [1.29, 1.82) is 0 Å². The van der Waals surface area contributed by atoms with Crippen LogP contribution in [0.4, 0.5) is 0 Å². The highest BCUT2D eigenvalue weighted by molar-refractivity contribution is 5.94. The van der Waals surface area contributed by atoms with Crippen LogP contribution in [0, 0.1) is 11.8 Å². The van der Waals surface area contributed by atoms with Gasteiger partial charge in [0.1, 0.15) is 11.5 Å². The third-order valence-electron chi connectivity index (χ3n) is 6.90. The molecule has 0 aliphatic rings. The lowest BCUT2D eigenvalue weighted by atomic mass is 10.0. The number of rotatable bonds is 16. The monoisotopic (exact) mass is 562 g/mol. The summed E-state index contributed by atoms with van der Waals surface area (Å²) >= 11 is 0. The van der Waals surface area contributed by atoms with E-state index in [4.69, 9.17) is 9.47 Å². The Labute approximate surface area is 244 Å². The number of aromatic nitrogens is 2. The molecule has 0 radical (unpaired) electrons. The number of hydrogen-bond acceptors (Lipinski definition) is 5. The van der Waals surface area contributed by atoms with Crippen molar-refractivity contribution in [3.63, 3.8) is 0 Å². The fourth-order valence-electron chi connectivity index (χ4n) is 4.80. The third-order valence-corrected chi connectivity index (χ3v) is 6.90. The zero-order chi connectivity index (χ0) is 29.8. The molecule has 2 amide bonds. The number of amides is 2. The molecule has 3 aromatic rings. The van der Waals surface area contributed by atoms with E-state index in [1.165, 1.54) is 5.56 Å². The van der Waals surface area contributed by atoms with Crippen LogP contribution >= 0.6 is 0 Å². The van der Waals surface area contributed by atoms with E-state index < -0.39 is 0 Å². The number of nitrogens with zero attached hydrogens (tertiary/aromatic N) is 2. The fourth-order valence-corrected chi connectivity index (χ4v) is 4.80. The first kappa shape index (κ1) is 31.7. The van der Waals surface area contributed by atoms with Crippen LogP contribution in [0.5, 0.6) is 11.5 Å². The molecule has 222 valence electrons. The topological polar surface area (TPSA) is 94.5 Å². The largest absolute Gasteiger partial charge is 0.496 e. The van der Waals surface area contributed by atoms with Crippen molar-refractivity contribution in [2.45, 2.75) is 72.4 Å². The van der Waals surface area contributed by atoms with Gasteiger partial charge in [-0.25, -0.2) is 0 Å². The summed E-state index contributed by atoms with van der Waals surface area (Å²) in [7, 11) is 3.22. The maximum absolute atomic E-state index is 13.5. The van der Waals surface area contributed by atoms with Gasteiger partial charge in [-0.15, -0.1) is 0 Å². The molecule has 0 spiro atoms. The van der Waals surface area contributed by atoms with E-state index in [-0.39, 0.29) is 24.3 Å². The summed E-state index contributed by atoms with van der Waals surface area (Å²) in [6, 6.07) is 17.3. The molecule has 2 aromatic carbocycles. The van der Waals surface area contributed by atoms with E-state index in [9.17, 15) is 9.59 Å². The number of carbonyl (C=O) groups excluding carboxylic acids is 2. The summed E-state index contributed by atoms with van der Waals surface area (Å²) in [5.41, 5.74) is 3.04. The minimum Gasteiger partial charge on any atom is -0.496 e. The number of aryl methyl sites for hydroxylation is 1. The Hall–Kier alpha value is -3.81. The van der Waals surface area contributed by atoms with Crippen molar-refractivity contribution in [2.75, 3.05) is 20.8 Å². The molecule has 1 aromatic heterocycles. The van der Waals surface area contributed by atoms with Crippen LogP contribution in [0.3, 0.4) is 0 Å². The molecule has 8 nitrogen and oxygen atoms in total. The van der Waals surface area contributed by atoms with Gasteiger partial charge in [0.25, 0.3) is 5.91 Å². The Morgan fingerprint density at radius 3 is 2.20 bits per heavy atom.